The number of hydrogen-bond donors (Lipinski definition) is 3. The summed E-state index contributed by atoms with van der Waals surface area (Å²) >= 11 is 0. The fraction of sp³-hybridized carbons (Fsp3) is 0.568. The number of carbonyl (C=O) groups is 3. The van der Waals surface area contributed by atoms with Crippen molar-refractivity contribution in [2.45, 2.75) is 142 Å². The van der Waals surface area contributed by atoms with Crippen molar-refractivity contribution in [3.05, 3.63) is 97.2 Å². The number of unbranched alkanes of at least 4 members (excludes halogenated alkanes) is 6. The molecule has 0 bridgehead atoms. The number of carbonyl (C=O) groups excluding carboxylic acids is 2. The molecule has 4 N–H and O–H groups in total. The van der Waals surface area contributed by atoms with Gasteiger partial charge in [-0.05, 0) is 89.9 Å². The molecule has 0 rings (SSSR count). The number of hydrogen-bond acceptors (Lipinski definition) is 9. The highest BCUT2D eigenvalue weighted by atomic mass is 31.2. The Morgan fingerprint density at radius 3 is 1.48 bits per heavy atom. The molecule has 0 radical (unpaired) electrons. The molecule has 0 amide bonds. The van der Waals surface area contributed by atoms with Crippen molar-refractivity contribution in [1.82, 2.24) is 0 Å². The second kappa shape index (κ2) is 38.3. The third-order valence-corrected chi connectivity index (χ3v) is 8.77. The van der Waals surface area contributed by atoms with Gasteiger partial charge in [-0.3, -0.25) is 23.4 Å². The van der Waals surface area contributed by atoms with Crippen LogP contribution in [0.25, 0.3) is 0 Å². The molecule has 3 atom stereocenters. The first-order chi connectivity index (χ1) is 27.1. The van der Waals surface area contributed by atoms with Crippen LogP contribution in [0.4, 0.5) is 0 Å². The zero-order valence-electron chi connectivity index (χ0n) is 33.9. The second-order valence-corrected chi connectivity index (χ2v) is 14.5. The van der Waals surface area contributed by atoms with Crippen LogP contribution < -0.4 is 5.73 Å². The standard InChI is InChI=1S/C44H70NO10P/c1-3-5-7-9-11-13-15-17-19-20-22-24-26-28-30-32-34-36-43(47)55-40(38-53-56(50,51)54-39-41(45)44(48)49)37-52-42(46)35-33-31-29-27-25-23-21-18-16-14-12-10-8-6-4-2/h6,8,11-14,17-19,21-22,24-25,27-28,30,40-41H,3-5,7,9-10,15-16,20,23,26,29,31-39,45H2,1-2H3,(H,48,49)(H,50,51)/b8-6+,13-11+,14-12+,19-17+,21-18+,24-22+,27-25+,30-28+/t40-,41+/m1/s1. The average molecular weight is 804 g/mol. The summed E-state index contributed by atoms with van der Waals surface area (Å²) in [4.78, 5) is 45.8. The summed E-state index contributed by atoms with van der Waals surface area (Å²) in [6.07, 6.45) is 47.7. The minimum atomic E-state index is -4.74. The lowest BCUT2D eigenvalue weighted by atomic mass is 10.2. The average Bonchev–Trinajstić information content (AvgIpc) is 3.17. The summed E-state index contributed by atoms with van der Waals surface area (Å²) in [6, 6.07) is -1.54. The van der Waals surface area contributed by atoms with E-state index in [1.165, 1.54) is 19.3 Å². The van der Waals surface area contributed by atoms with Crippen molar-refractivity contribution in [2.24, 2.45) is 5.73 Å². The van der Waals surface area contributed by atoms with Crippen LogP contribution in [-0.4, -0.2) is 59.9 Å². The molecule has 316 valence electrons. The SMILES string of the molecule is CC/C=C/C/C=C/C/C=C/C/C=C/CCCCC(=O)OC[C@H](COP(=O)(O)OC[C@H](N)C(=O)O)OC(=O)CCC/C=C/C/C=C/C/C=C/C/C=C/CCCCC. The van der Waals surface area contributed by atoms with Gasteiger partial charge in [0.1, 0.15) is 12.6 Å². The Kier molecular flexibility index (Phi) is 35.8. The van der Waals surface area contributed by atoms with Crippen molar-refractivity contribution < 1.29 is 47.5 Å². The van der Waals surface area contributed by atoms with E-state index in [2.05, 4.69) is 103 Å². The van der Waals surface area contributed by atoms with Crippen LogP contribution in [0.3, 0.4) is 0 Å². The minimum Gasteiger partial charge on any atom is -0.480 e. The van der Waals surface area contributed by atoms with Gasteiger partial charge in [-0.25, -0.2) is 4.57 Å². The van der Waals surface area contributed by atoms with Crippen LogP contribution in [0, 0.1) is 0 Å². The van der Waals surface area contributed by atoms with Crippen molar-refractivity contribution in [3.63, 3.8) is 0 Å². The number of rotatable bonds is 36. The molecule has 1 unspecified atom stereocenters. The number of phosphoric acid groups is 1. The molecule has 56 heavy (non-hydrogen) atoms. The lowest BCUT2D eigenvalue weighted by Gasteiger charge is -2.20. The van der Waals surface area contributed by atoms with Crippen LogP contribution >= 0.6 is 7.82 Å². The normalized spacial score (nSPS) is 14.8. The number of carboxylic acids is 1. The molecule has 0 fully saturated rings. The van der Waals surface area contributed by atoms with E-state index < -0.39 is 57.7 Å². The predicted octanol–water partition coefficient (Wildman–Crippen LogP) is 10.5. The van der Waals surface area contributed by atoms with Gasteiger partial charge in [0.2, 0.25) is 0 Å². The number of phosphoric ester groups is 1. The maximum Gasteiger partial charge on any atom is 0.472 e. The van der Waals surface area contributed by atoms with Gasteiger partial charge in [-0.2, -0.15) is 0 Å². The number of aliphatic carboxylic acids is 1. The number of nitrogens with two attached hydrogens (primary N) is 1. The molecule has 0 aliphatic heterocycles. The van der Waals surface area contributed by atoms with Crippen LogP contribution in [0.15, 0.2) is 97.2 Å². The van der Waals surface area contributed by atoms with E-state index in [0.29, 0.717) is 19.3 Å². The number of carboxylic acid groups (broad SMARTS) is 1. The molecule has 11 nitrogen and oxygen atoms in total. The molecule has 0 heterocycles. The molecule has 0 aromatic carbocycles. The monoisotopic (exact) mass is 803 g/mol. The zero-order chi connectivity index (χ0) is 41.4. The van der Waals surface area contributed by atoms with Gasteiger partial charge in [0, 0.05) is 12.8 Å². The lowest BCUT2D eigenvalue weighted by Crippen LogP contribution is -2.34. The second-order valence-electron chi connectivity index (χ2n) is 13.0. The number of esters is 2. The van der Waals surface area contributed by atoms with Gasteiger partial charge in [-0.15, -0.1) is 0 Å². The third-order valence-electron chi connectivity index (χ3n) is 7.82. The highest BCUT2D eigenvalue weighted by molar-refractivity contribution is 7.47. The summed E-state index contributed by atoms with van der Waals surface area (Å²) in [6.45, 7) is 2.53. The van der Waals surface area contributed by atoms with Crippen molar-refractivity contribution in [1.29, 1.82) is 0 Å². The van der Waals surface area contributed by atoms with E-state index in [1.54, 1.807) is 0 Å². The van der Waals surface area contributed by atoms with Gasteiger partial charge in [0.25, 0.3) is 0 Å². The van der Waals surface area contributed by atoms with Gasteiger partial charge < -0.3 is 25.2 Å². The Labute approximate surface area is 336 Å². The first-order valence-corrected chi connectivity index (χ1v) is 21.8. The predicted molar refractivity (Wildman–Crippen MR) is 226 cm³/mol. The van der Waals surface area contributed by atoms with E-state index in [9.17, 15) is 23.8 Å². The number of ether oxygens (including phenoxy) is 2. The first-order valence-electron chi connectivity index (χ1n) is 20.3. The van der Waals surface area contributed by atoms with Gasteiger partial charge >= 0.3 is 25.7 Å². The summed E-state index contributed by atoms with van der Waals surface area (Å²) in [7, 11) is -4.74. The van der Waals surface area contributed by atoms with E-state index in [1.807, 2.05) is 12.2 Å². The highest BCUT2D eigenvalue weighted by Crippen LogP contribution is 2.43. The molecule has 12 heteroatoms. The molecule has 0 aromatic rings. The lowest BCUT2D eigenvalue weighted by molar-refractivity contribution is -0.161. The van der Waals surface area contributed by atoms with Crippen LogP contribution in [0.2, 0.25) is 0 Å². The molecular weight excluding hydrogens is 733 g/mol. The van der Waals surface area contributed by atoms with Gasteiger partial charge in [0.05, 0.1) is 13.2 Å². The fourth-order valence-electron chi connectivity index (χ4n) is 4.63. The smallest absolute Gasteiger partial charge is 0.472 e. The largest absolute Gasteiger partial charge is 0.480 e. The van der Waals surface area contributed by atoms with E-state index in [0.717, 1.165) is 64.2 Å². The zero-order valence-corrected chi connectivity index (χ0v) is 34.8. The maximum absolute atomic E-state index is 12.6. The Morgan fingerprint density at radius 1 is 0.571 bits per heavy atom. The molecule has 0 spiro atoms. The fourth-order valence-corrected chi connectivity index (χ4v) is 5.41. The molecule has 0 aliphatic carbocycles. The molecular formula is C44H70NO10P. The van der Waals surface area contributed by atoms with Crippen molar-refractivity contribution in [2.75, 3.05) is 19.8 Å². The highest BCUT2D eigenvalue weighted by Gasteiger charge is 2.28. The van der Waals surface area contributed by atoms with Crippen LogP contribution in [-0.2, 0) is 37.5 Å². The molecule has 0 saturated carbocycles. The molecule has 0 aromatic heterocycles. The van der Waals surface area contributed by atoms with Crippen molar-refractivity contribution >= 4 is 25.7 Å². The quantitative estimate of drug-likeness (QED) is 0.0238. The summed E-state index contributed by atoms with van der Waals surface area (Å²) < 4.78 is 32.5. The Balaban J connectivity index is 4.60. The number of allylic oxidation sites excluding steroid dienone is 16. The Bertz CT molecular complexity index is 1310. The molecule has 0 aliphatic rings. The topological polar surface area (TPSA) is 172 Å². The Hall–Kier alpha value is -3.60. The van der Waals surface area contributed by atoms with E-state index in [4.69, 9.17) is 24.8 Å². The van der Waals surface area contributed by atoms with E-state index in [-0.39, 0.29) is 12.8 Å². The Morgan fingerprint density at radius 2 is 1.00 bits per heavy atom. The minimum absolute atomic E-state index is 0.0700. The van der Waals surface area contributed by atoms with Crippen molar-refractivity contribution in [3.8, 4) is 0 Å². The van der Waals surface area contributed by atoms with E-state index >= 15 is 0 Å². The third kappa shape index (κ3) is 37.3. The summed E-state index contributed by atoms with van der Waals surface area (Å²) in [5, 5.41) is 8.87. The van der Waals surface area contributed by atoms with Gasteiger partial charge in [0.15, 0.2) is 6.10 Å². The first kappa shape index (κ1) is 52.4. The maximum atomic E-state index is 12.6. The van der Waals surface area contributed by atoms with Crippen LogP contribution in [0.5, 0.6) is 0 Å². The summed E-state index contributed by atoms with van der Waals surface area (Å²) in [5.41, 5.74) is 5.32. The molecule has 0 saturated heterocycles. The van der Waals surface area contributed by atoms with Crippen LogP contribution in [0.1, 0.15) is 129 Å². The van der Waals surface area contributed by atoms with Gasteiger partial charge in [-0.1, -0.05) is 124 Å². The summed E-state index contributed by atoms with van der Waals surface area (Å²) in [5.74, 6) is -2.52.